The minimum Gasteiger partial charge on any atom is -0.399 e. The number of aryl methyl sites for hydroxylation is 2. The van der Waals surface area contributed by atoms with Gasteiger partial charge in [-0.15, -0.1) is 0 Å². The Morgan fingerprint density at radius 3 is 2.44 bits per heavy atom. The van der Waals surface area contributed by atoms with Crippen LogP contribution < -0.4 is 11.1 Å². The van der Waals surface area contributed by atoms with Crippen LogP contribution in [0.2, 0.25) is 0 Å². The molecule has 0 amide bonds. The smallest absolute Gasteiger partial charge is 0.0343 e. The lowest BCUT2D eigenvalue weighted by Crippen LogP contribution is -2.27. The van der Waals surface area contributed by atoms with Crippen LogP contribution in [-0.2, 0) is 0 Å². The van der Waals surface area contributed by atoms with Crippen LogP contribution in [0.4, 0.5) is 5.69 Å². The third-order valence-electron chi connectivity index (χ3n) is 2.97. The van der Waals surface area contributed by atoms with Gasteiger partial charge in [0, 0.05) is 5.69 Å². The van der Waals surface area contributed by atoms with E-state index in [1.165, 1.54) is 31.5 Å². The zero-order valence-electron chi connectivity index (χ0n) is 10.7. The molecule has 90 valence electrons. The molecule has 1 unspecified atom stereocenters. The van der Waals surface area contributed by atoms with Crippen molar-refractivity contribution in [1.82, 2.24) is 5.32 Å². The lowest BCUT2D eigenvalue weighted by molar-refractivity contribution is 0.405. The van der Waals surface area contributed by atoms with Crippen LogP contribution in [0.25, 0.3) is 0 Å². The van der Waals surface area contributed by atoms with E-state index in [9.17, 15) is 0 Å². The number of piperidine rings is 1. The van der Waals surface area contributed by atoms with Crippen molar-refractivity contribution < 1.29 is 0 Å². The van der Waals surface area contributed by atoms with Crippen LogP contribution in [0.15, 0.2) is 18.2 Å². The second-order valence-electron chi connectivity index (χ2n) is 4.81. The summed E-state index contributed by atoms with van der Waals surface area (Å²) in [5, 5.41) is 3.33. The van der Waals surface area contributed by atoms with Crippen LogP contribution >= 0.6 is 0 Å². The maximum absolute atomic E-state index is 5.59. The van der Waals surface area contributed by atoms with E-state index in [-0.39, 0.29) is 0 Å². The van der Waals surface area contributed by atoms with E-state index in [4.69, 9.17) is 5.73 Å². The van der Waals surface area contributed by atoms with E-state index in [1.54, 1.807) is 0 Å². The Morgan fingerprint density at radius 2 is 2.06 bits per heavy atom. The largest absolute Gasteiger partial charge is 0.399 e. The molecule has 1 aromatic carbocycles. The molecule has 0 bridgehead atoms. The molecule has 0 aliphatic carbocycles. The van der Waals surface area contributed by atoms with E-state index < -0.39 is 0 Å². The third kappa shape index (κ3) is 4.67. The molecular weight excluding hydrogens is 196 g/mol. The Kier molecular flexibility index (Phi) is 5.33. The number of anilines is 1. The summed E-state index contributed by atoms with van der Waals surface area (Å²) in [5.74, 6) is 0.925. The van der Waals surface area contributed by atoms with Crippen molar-refractivity contribution in [1.29, 1.82) is 0 Å². The standard InChI is InChI=1S/C8H11N.C6H13N/c1-6-3-4-8(9)7(2)5-6;1-6-3-2-4-7-5-6/h3-5H,9H2,1-2H3;6-7H,2-5H2,1H3. The van der Waals surface area contributed by atoms with E-state index >= 15 is 0 Å². The minimum absolute atomic E-state index is 0.876. The van der Waals surface area contributed by atoms with E-state index in [0.717, 1.165) is 17.2 Å². The zero-order valence-corrected chi connectivity index (χ0v) is 10.7. The molecule has 1 aliphatic heterocycles. The fraction of sp³-hybridized carbons (Fsp3) is 0.571. The maximum atomic E-state index is 5.59. The molecule has 16 heavy (non-hydrogen) atoms. The summed E-state index contributed by atoms with van der Waals surface area (Å²) < 4.78 is 0. The Morgan fingerprint density at radius 1 is 1.31 bits per heavy atom. The van der Waals surface area contributed by atoms with Gasteiger partial charge < -0.3 is 11.1 Å². The average molecular weight is 220 g/mol. The van der Waals surface area contributed by atoms with Gasteiger partial charge in [-0.1, -0.05) is 24.6 Å². The predicted molar refractivity (Wildman–Crippen MR) is 71.6 cm³/mol. The number of nitrogens with one attached hydrogen (secondary N) is 1. The summed E-state index contributed by atoms with van der Waals surface area (Å²) in [5.41, 5.74) is 8.89. The quantitative estimate of drug-likeness (QED) is 0.660. The Labute approximate surface area is 99.2 Å². The number of nitrogens with two attached hydrogens (primary N) is 1. The molecule has 0 saturated carbocycles. The first-order valence-corrected chi connectivity index (χ1v) is 6.13. The van der Waals surface area contributed by atoms with Gasteiger partial charge in [-0.2, -0.15) is 0 Å². The zero-order chi connectivity index (χ0) is 12.0. The van der Waals surface area contributed by atoms with Crippen molar-refractivity contribution >= 4 is 5.69 Å². The molecule has 1 aromatic rings. The van der Waals surface area contributed by atoms with Crippen molar-refractivity contribution in [3.8, 4) is 0 Å². The van der Waals surface area contributed by atoms with Gasteiger partial charge in [-0.25, -0.2) is 0 Å². The number of nitrogen functional groups attached to an aromatic ring is 1. The van der Waals surface area contributed by atoms with E-state index in [0.29, 0.717) is 0 Å². The SMILES string of the molecule is CC1CCCNC1.Cc1ccc(N)c(C)c1. The second-order valence-corrected chi connectivity index (χ2v) is 4.81. The van der Waals surface area contributed by atoms with Gasteiger partial charge in [0.05, 0.1) is 0 Å². The highest BCUT2D eigenvalue weighted by atomic mass is 14.9. The molecule has 0 radical (unpaired) electrons. The Balaban J connectivity index is 0.000000165. The van der Waals surface area contributed by atoms with Gasteiger partial charge in [-0.3, -0.25) is 0 Å². The topological polar surface area (TPSA) is 38.0 Å². The molecule has 0 spiro atoms. The summed E-state index contributed by atoms with van der Waals surface area (Å²) >= 11 is 0. The van der Waals surface area contributed by atoms with Gasteiger partial charge in [0.15, 0.2) is 0 Å². The number of hydrogen-bond donors (Lipinski definition) is 2. The molecule has 1 atom stereocenters. The van der Waals surface area contributed by atoms with E-state index in [1.807, 2.05) is 19.1 Å². The van der Waals surface area contributed by atoms with Crippen molar-refractivity contribution in [3.63, 3.8) is 0 Å². The van der Waals surface area contributed by atoms with Crippen molar-refractivity contribution in [2.75, 3.05) is 18.8 Å². The normalized spacial score (nSPS) is 19.8. The highest BCUT2D eigenvalue weighted by Gasteiger charge is 2.04. The Bertz CT molecular complexity index is 315. The second kappa shape index (κ2) is 6.54. The van der Waals surface area contributed by atoms with Gasteiger partial charge in [-0.05, 0) is 57.3 Å². The van der Waals surface area contributed by atoms with Gasteiger partial charge in [0.2, 0.25) is 0 Å². The lowest BCUT2D eigenvalue weighted by Gasteiger charge is -2.17. The van der Waals surface area contributed by atoms with Crippen LogP contribution in [0.1, 0.15) is 30.9 Å². The molecule has 1 aliphatic rings. The summed E-state index contributed by atoms with van der Waals surface area (Å²) in [6.07, 6.45) is 2.80. The highest BCUT2D eigenvalue weighted by molar-refractivity contribution is 5.47. The van der Waals surface area contributed by atoms with Gasteiger partial charge >= 0.3 is 0 Å². The average Bonchev–Trinajstić information content (AvgIpc) is 2.26. The molecule has 1 fully saturated rings. The fourth-order valence-electron chi connectivity index (χ4n) is 1.85. The first-order valence-electron chi connectivity index (χ1n) is 6.13. The fourth-order valence-corrected chi connectivity index (χ4v) is 1.85. The maximum Gasteiger partial charge on any atom is 0.0343 e. The molecule has 1 saturated heterocycles. The molecule has 1 heterocycles. The first-order chi connectivity index (χ1) is 7.59. The van der Waals surface area contributed by atoms with Crippen LogP contribution in [0.3, 0.4) is 0 Å². The van der Waals surface area contributed by atoms with Crippen molar-refractivity contribution in [2.24, 2.45) is 5.92 Å². The first kappa shape index (κ1) is 13.0. The Hall–Kier alpha value is -1.02. The highest BCUT2D eigenvalue weighted by Crippen LogP contribution is 2.10. The summed E-state index contributed by atoms with van der Waals surface area (Å²) in [6.45, 7) is 8.85. The molecule has 2 heteroatoms. The number of rotatable bonds is 0. The molecule has 2 rings (SSSR count). The van der Waals surface area contributed by atoms with E-state index in [2.05, 4.69) is 25.2 Å². The van der Waals surface area contributed by atoms with Crippen LogP contribution in [0.5, 0.6) is 0 Å². The lowest BCUT2D eigenvalue weighted by atomic mass is 10.0. The van der Waals surface area contributed by atoms with Crippen molar-refractivity contribution in [3.05, 3.63) is 29.3 Å². The van der Waals surface area contributed by atoms with Gasteiger partial charge in [0.25, 0.3) is 0 Å². The number of benzene rings is 1. The minimum atomic E-state index is 0.876. The van der Waals surface area contributed by atoms with Crippen LogP contribution in [0, 0.1) is 19.8 Å². The summed E-state index contributed by atoms with van der Waals surface area (Å²) in [6, 6.07) is 6.03. The molecular formula is C14H24N2. The van der Waals surface area contributed by atoms with Gasteiger partial charge in [0.1, 0.15) is 0 Å². The number of hydrogen-bond acceptors (Lipinski definition) is 2. The molecule has 3 N–H and O–H groups in total. The molecule has 0 aromatic heterocycles. The third-order valence-corrected chi connectivity index (χ3v) is 2.97. The van der Waals surface area contributed by atoms with Crippen molar-refractivity contribution in [2.45, 2.75) is 33.6 Å². The van der Waals surface area contributed by atoms with Crippen LogP contribution in [-0.4, -0.2) is 13.1 Å². The summed E-state index contributed by atoms with van der Waals surface area (Å²) in [7, 11) is 0. The monoisotopic (exact) mass is 220 g/mol. The predicted octanol–water partition coefficient (Wildman–Crippen LogP) is 2.89. The molecule has 2 nitrogen and oxygen atoms in total. The summed E-state index contributed by atoms with van der Waals surface area (Å²) in [4.78, 5) is 0.